The molecule has 19 heavy (non-hydrogen) atoms. The Morgan fingerprint density at radius 3 is 2.58 bits per heavy atom. The molecule has 1 amide bonds. The van der Waals surface area contributed by atoms with E-state index in [1.807, 2.05) is 11.9 Å². The maximum Gasteiger partial charge on any atom is 0.242 e. The van der Waals surface area contributed by atoms with Crippen molar-refractivity contribution >= 4 is 5.91 Å². The zero-order chi connectivity index (χ0) is 13.2. The van der Waals surface area contributed by atoms with Crippen molar-refractivity contribution in [1.82, 2.24) is 9.80 Å². The Balaban J connectivity index is 1.59. The second-order valence-corrected chi connectivity index (χ2v) is 6.42. The van der Waals surface area contributed by atoms with Gasteiger partial charge in [-0.05, 0) is 38.0 Å². The quantitative estimate of drug-likeness (QED) is 0.773. The van der Waals surface area contributed by atoms with Gasteiger partial charge in [-0.25, -0.2) is 0 Å². The zero-order valence-corrected chi connectivity index (χ0v) is 12.0. The minimum atomic E-state index is -0.0278. The van der Waals surface area contributed by atoms with Gasteiger partial charge in [-0.1, -0.05) is 6.42 Å². The molecular formula is C15H26N2O2. The van der Waals surface area contributed by atoms with Gasteiger partial charge in [-0.15, -0.1) is 0 Å². The van der Waals surface area contributed by atoms with Crippen LogP contribution in [0.1, 0.15) is 38.5 Å². The Labute approximate surface area is 116 Å². The Bertz CT molecular complexity index is 326. The van der Waals surface area contributed by atoms with E-state index >= 15 is 0 Å². The second-order valence-electron chi connectivity index (χ2n) is 6.42. The SMILES string of the molecule is CN(C(=O)C1COCCN1CC1CCC1)C1CCC1. The number of rotatable bonds is 4. The molecule has 4 heteroatoms. The number of nitrogens with zero attached hydrogens (tertiary/aromatic N) is 2. The molecule has 0 N–H and O–H groups in total. The molecule has 4 nitrogen and oxygen atoms in total. The highest BCUT2D eigenvalue weighted by molar-refractivity contribution is 5.82. The predicted octanol–water partition coefficient (Wildman–Crippen LogP) is 1.50. The summed E-state index contributed by atoms with van der Waals surface area (Å²) in [5, 5.41) is 0. The fourth-order valence-corrected chi connectivity index (χ4v) is 3.28. The first-order valence-electron chi connectivity index (χ1n) is 7.84. The van der Waals surface area contributed by atoms with Gasteiger partial charge in [-0.3, -0.25) is 9.69 Å². The van der Waals surface area contributed by atoms with Crippen molar-refractivity contribution in [3.8, 4) is 0 Å². The third kappa shape index (κ3) is 2.79. The number of likely N-dealkylation sites (N-methyl/N-ethyl adjacent to an activating group) is 1. The fraction of sp³-hybridized carbons (Fsp3) is 0.933. The molecule has 0 spiro atoms. The molecule has 1 unspecified atom stereocenters. The molecule has 1 aliphatic heterocycles. The van der Waals surface area contributed by atoms with Crippen molar-refractivity contribution in [1.29, 1.82) is 0 Å². The van der Waals surface area contributed by atoms with Crippen molar-refractivity contribution in [3.05, 3.63) is 0 Å². The molecule has 2 saturated carbocycles. The number of carbonyl (C=O) groups excluding carboxylic acids is 1. The number of hydrogen-bond acceptors (Lipinski definition) is 3. The third-order valence-corrected chi connectivity index (χ3v) is 5.21. The maximum atomic E-state index is 12.6. The summed E-state index contributed by atoms with van der Waals surface area (Å²) in [7, 11) is 1.97. The Hall–Kier alpha value is -0.610. The summed E-state index contributed by atoms with van der Waals surface area (Å²) in [5.74, 6) is 1.10. The molecule has 3 rings (SSSR count). The van der Waals surface area contributed by atoms with E-state index < -0.39 is 0 Å². The summed E-state index contributed by atoms with van der Waals surface area (Å²) in [6.45, 7) is 3.38. The molecule has 2 aliphatic carbocycles. The minimum Gasteiger partial charge on any atom is -0.378 e. The minimum absolute atomic E-state index is 0.0278. The first kappa shape index (κ1) is 13.4. The second kappa shape index (κ2) is 5.80. The van der Waals surface area contributed by atoms with Crippen LogP contribution in [0, 0.1) is 5.92 Å². The number of hydrogen-bond donors (Lipinski definition) is 0. The van der Waals surface area contributed by atoms with Gasteiger partial charge in [0, 0.05) is 26.2 Å². The van der Waals surface area contributed by atoms with Crippen LogP contribution in [0.15, 0.2) is 0 Å². The molecule has 3 aliphatic rings. The standard InChI is InChI=1S/C15H26N2O2/c1-16(13-6-3-7-13)15(18)14-11-19-9-8-17(14)10-12-4-2-5-12/h12-14H,2-11H2,1H3. The lowest BCUT2D eigenvalue weighted by Gasteiger charge is -2.43. The molecule has 3 fully saturated rings. The van der Waals surface area contributed by atoms with Gasteiger partial charge in [0.15, 0.2) is 0 Å². The van der Waals surface area contributed by atoms with Crippen molar-refractivity contribution in [2.45, 2.75) is 50.6 Å². The van der Waals surface area contributed by atoms with Crippen LogP contribution < -0.4 is 0 Å². The Morgan fingerprint density at radius 2 is 2.00 bits per heavy atom. The van der Waals surface area contributed by atoms with E-state index in [4.69, 9.17) is 4.74 Å². The van der Waals surface area contributed by atoms with Gasteiger partial charge in [0.1, 0.15) is 6.04 Å². The number of amides is 1. The van der Waals surface area contributed by atoms with E-state index in [0.717, 1.165) is 25.6 Å². The highest BCUT2D eigenvalue weighted by Gasteiger charge is 2.36. The van der Waals surface area contributed by atoms with E-state index in [1.165, 1.54) is 38.5 Å². The van der Waals surface area contributed by atoms with Crippen LogP contribution in [-0.2, 0) is 9.53 Å². The number of carbonyl (C=O) groups is 1. The van der Waals surface area contributed by atoms with Crippen LogP contribution in [0.3, 0.4) is 0 Å². The molecule has 0 aromatic carbocycles. The van der Waals surface area contributed by atoms with E-state index in [-0.39, 0.29) is 11.9 Å². The first-order valence-corrected chi connectivity index (χ1v) is 7.84. The molecule has 1 saturated heterocycles. The lowest BCUT2D eigenvalue weighted by molar-refractivity contribution is -0.146. The van der Waals surface area contributed by atoms with E-state index in [2.05, 4.69) is 4.90 Å². The van der Waals surface area contributed by atoms with E-state index in [0.29, 0.717) is 12.6 Å². The van der Waals surface area contributed by atoms with Gasteiger partial charge >= 0.3 is 0 Å². The maximum absolute atomic E-state index is 12.6. The zero-order valence-electron chi connectivity index (χ0n) is 12.0. The van der Waals surface area contributed by atoms with Gasteiger partial charge < -0.3 is 9.64 Å². The van der Waals surface area contributed by atoms with Crippen molar-refractivity contribution in [2.75, 3.05) is 33.4 Å². The number of ether oxygens (including phenoxy) is 1. The Morgan fingerprint density at radius 1 is 1.26 bits per heavy atom. The van der Waals surface area contributed by atoms with Crippen LogP contribution >= 0.6 is 0 Å². The lowest BCUT2D eigenvalue weighted by Crippen LogP contribution is -2.57. The van der Waals surface area contributed by atoms with Gasteiger partial charge in [0.25, 0.3) is 0 Å². The molecular weight excluding hydrogens is 240 g/mol. The topological polar surface area (TPSA) is 32.8 Å². The van der Waals surface area contributed by atoms with Crippen LogP contribution in [0.25, 0.3) is 0 Å². The average molecular weight is 266 g/mol. The number of morpholine rings is 1. The molecule has 1 heterocycles. The smallest absolute Gasteiger partial charge is 0.242 e. The van der Waals surface area contributed by atoms with Crippen LogP contribution in [-0.4, -0.2) is 61.1 Å². The van der Waals surface area contributed by atoms with Crippen LogP contribution in [0.5, 0.6) is 0 Å². The summed E-state index contributed by atoms with van der Waals surface area (Å²) in [4.78, 5) is 17.0. The highest BCUT2D eigenvalue weighted by Crippen LogP contribution is 2.29. The van der Waals surface area contributed by atoms with Crippen molar-refractivity contribution in [2.24, 2.45) is 5.92 Å². The summed E-state index contributed by atoms with van der Waals surface area (Å²) in [5.41, 5.74) is 0. The van der Waals surface area contributed by atoms with Gasteiger partial charge in [0.2, 0.25) is 5.91 Å². The fourth-order valence-electron chi connectivity index (χ4n) is 3.28. The molecule has 0 aromatic rings. The summed E-state index contributed by atoms with van der Waals surface area (Å²) in [6, 6.07) is 0.458. The van der Waals surface area contributed by atoms with Crippen LogP contribution in [0.4, 0.5) is 0 Å². The van der Waals surface area contributed by atoms with Crippen molar-refractivity contribution in [3.63, 3.8) is 0 Å². The van der Waals surface area contributed by atoms with E-state index in [1.54, 1.807) is 0 Å². The largest absolute Gasteiger partial charge is 0.378 e. The molecule has 0 bridgehead atoms. The van der Waals surface area contributed by atoms with Crippen LogP contribution in [0.2, 0.25) is 0 Å². The first-order chi connectivity index (χ1) is 9.25. The molecule has 0 radical (unpaired) electrons. The molecule has 108 valence electrons. The average Bonchev–Trinajstić information content (AvgIpc) is 2.31. The third-order valence-electron chi connectivity index (χ3n) is 5.21. The highest BCUT2D eigenvalue weighted by atomic mass is 16.5. The molecule has 1 atom stereocenters. The summed E-state index contributed by atoms with van der Waals surface area (Å²) >= 11 is 0. The van der Waals surface area contributed by atoms with Gasteiger partial charge in [0.05, 0.1) is 13.2 Å². The lowest BCUT2D eigenvalue weighted by atomic mass is 9.84. The predicted molar refractivity (Wildman–Crippen MR) is 73.9 cm³/mol. The van der Waals surface area contributed by atoms with Crippen molar-refractivity contribution < 1.29 is 9.53 Å². The normalized spacial score (nSPS) is 29.6. The van der Waals surface area contributed by atoms with Gasteiger partial charge in [-0.2, -0.15) is 0 Å². The summed E-state index contributed by atoms with van der Waals surface area (Å²) < 4.78 is 5.56. The molecule has 0 aromatic heterocycles. The Kier molecular flexibility index (Phi) is 4.08. The monoisotopic (exact) mass is 266 g/mol. The van der Waals surface area contributed by atoms with E-state index in [9.17, 15) is 4.79 Å². The summed E-state index contributed by atoms with van der Waals surface area (Å²) in [6.07, 6.45) is 7.69.